The SMILES string of the molecule is C=CCN1C(=O)C(CC(=O)Nc2ccc(F)cc2)S/C1=N/c1nccs1. The molecule has 0 saturated carbocycles. The van der Waals surface area contributed by atoms with Gasteiger partial charge in [0.15, 0.2) is 5.17 Å². The van der Waals surface area contributed by atoms with Crippen molar-refractivity contribution in [2.45, 2.75) is 11.7 Å². The lowest BCUT2D eigenvalue weighted by Crippen LogP contribution is -2.33. The zero-order valence-corrected chi connectivity index (χ0v) is 15.2. The standard InChI is InChI=1S/C17H15FN4O2S2/c1-2-8-22-15(24)13(26-17(22)21-16-19-7-9-25-16)10-14(23)20-12-5-3-11(18)4-6-12/h2-7,9,13H,1,8,10H2,(H,20,23)/b21-17+. The first-order valence-electron chi connectivity index (χ1n) is 7.69. The van der Waals surface area contributed by atoms with E-state index in [9.17, 15) is 14.0 Å². The summed E-state index contributed by atoms with van der Waals surface area (Å²) in [7, 11) is 0. The molecule has 1 saturated heterocycles. The van der Waals surface area contributed by atoms with E-state index in [1.165, 1.54) is 52.3 Å². The highest BCUT2D eigenvalue weighted by Gasteiger charge is 2.38. The minimum atomic E-state index is -0.575. The van der Waals surface area contributed by atoms with Crippen molar-refractivity contribution < 1.29 is 14.0 Å². The average molecular weight is 390 g/mol. The molecular formula is C17H15FN4O2S2. The summed E-state index contributed by atoms with van der Waals surface area (Å²) < 4.78 is 12.9. The topological polar surface area (TPSA) is 74.7 Å². The van der Waals surface area contributed by atoms with Gasteiger partial charge in [-0.3, -0.25) is 14.5 Å². The monoisotopic (exact) mass is 390 g/mol. The highest BCUT2D eigenvalue weighted by Crippen LogP contribution is 2.32. The highest BCUT2D eigenvalue weighted by atomic mass is 32.2. The Labute approximate surface area is 157 Å². The second-order valence-corrected chi connectivity index (χ2v) is 7.36. The van der Waals surface area contributed by atoms with Crippen molar-refractivity contribution in [1.82, 2.24) is 9.88 Å². The van der Waals surface area contributed by atoms with E-state index in [0.717, 1.165) is 0 Å². The van der Waals surface area contributed by atoms with Gasteiger partial charge >= 0.3 is 0 Å². The van der Waals surface area contributed by atoms with E-state index in [4.69, 9.17) is 0 Å². The second-order valence-electron chi connectivity index (χ2n) is 5.31. The molecule has 1 aromatic carbocycles. The lowest BCUT2D eigenvalue weighted by molar-refractivity contribution is -0.127. The number of amides is 2. The van der Waals surface area contributed by atoms with Crippen molar-refractivity contribution >= 4 is 50.9 Å². The molecule has 2 amide bonds. The van der Waals surface area contributed by atoms with E-state index >= 15 is 0 Å². The predicted octanol–water partition coefficient (Wildman–Crippen LogP) is 3.43. The van der Waals surface area contributed by atoms with E-state index in [-0.39, 0.29) is 24.1 Å². The molecule has 0 aliphatic carbocycles. The van der Waals surface area contributed by atoms with E-state index < -0.39 is 5.25 Å². The molecule has 0 radical (unpaired) electrons. The van der Waals surface area contributed by atoms with Gasteiger partial charge in [-0.25, -0.2) is 9.37 Å². The number of amidine groups is 1. The van der Waals surface area contributed by atoms with Crippen LogP contribution in [0, 0.1) is 5.82 Å². The minimum Gasteiger partial charge on any atom is -0.326 e. The van der Waals surface area contributed by atoms with Crippen LogP contribution in [0.5, 0.6) is 0 Å². The second kappa shape index (κ2) is 8.24. The molecule has 0 spiro atoms. The molecule has 0 bridgehead atoms. The quantitative estimate of drug-likeness (QED) is 0.767. The third-order valence-electron chi connectivity index (χ3n) is 3.44. The molecule has 3 rings (SSSR count). The van der Waals surface area contributed by atoms with Gasteiger partial charge in [0.2, 0.25) is 16.9 Å². The number of hydrogen-bond donors (Lipinski definition) is 1. The molecule has 26 heavy (non-hydrogen) atoms. The van der Waals surface area contributed by atoms with Crippen molar-refractivity contribution in [3.8, 4) is 0 Å². The molecule has 6 nitrogen and oxygen atoms in total. The normalized spacial score (nSPS) is 18.3. The maximum atomic E-state index is 12.9. The number of rotatable bonds is 6. The Bertz CT molecular complexity index is 837. The summed E-state index contributed by atoms with van der Waals surface area (Å²) in [4.78, 5) is 34.8. The Morgan fingerprint density at radius 1 is 1.42 bits per heavy atom. The van der Waals surface area contributed by atoms with Crippen LogP contribution in [0.25, 0.3) is 0 Å². The molecule has 2 aromatic rings. The number of hydrogen-bond acceptors (Lipinski definition) is 6. The molecule has 1 atom stereocenters. The van der Waals surface area contributed by atoms with E-state index in [1.807, 2.05) is 0 Å². The lowest BCUT2D eigenvalue weighted by atomic mass is 10.2. The third kappa shape index (κ3) is 4.36. The van der Waals surface area contributed by atoms with Crippen LogP contribution in [0.1, 0.15) is 6.42 Å². The first-order chi connectivity index (χ1) is 12.6. The van der Waals surface area contributed by atoms with Crippen molar-refractivity contribution in [2.75, 3.05) is 11.9 Å². The van der Waals surface area contributed by atoms with Crippen molar-refractivity contribution in [1.29, 1.82) is 0 Å². The smallest absolute Gasteiger partial charge is 0.242 e. The fourth-order valence-electron chi connectivity index (χ4n) is 2.29. The first kappa shape index (κ1) is 18.3. The summed E-state index contributed by atoms with van der Waals surface area (Å²) in [6, 6.07) is 5.46. The van der Waals surface area contributed by atoms with Gasteiger partial charge < -0.3 is 5.32 Å². The lowest BCUT2D eigenvalue weighted by Gasteiger charge is -2.13. The van der Waals surface area contributed by atoms with Crippen LogP contribution in [0.2, 0.25) is 0 Å². The summed E-state index contributed by atoms with van der Waals surface area (Å²) in [5.41, 5.74) is 0.478. The molecule has 2 heterocycles. The van der Waals surface area contributed by atoms with E-state index in [1.54, 1.807) is 17.7 Å². The van der Waals surface area contributed by atoms with Crippen molar-refractivity contribution in [3.63, 3.8) is 0 Å². The van der Waals surface area contributed by atoms with Gasteiger partial charge in [0.05, 0.1) is 0 Å². The largest absolute Gasteiger partial charge is 0.326 e. The van der Waals surface area contributed by atoms with Crippen LogP contribution in [0.3, 0.4) is 0 Å². The number of aromatic nitrogens is 1. The van der Waals surface area contributed by atoms with Crippen molar-refractivity contribution in [3.05, 3.63) is 54.3 Å². The number of anilines is 1. The van der Waals surface area contributed by atoms with Gasteiger partial charge in [0.25, 0.3) is 0 Å². The number of nitrogens with one attached hydrogen (secondary N) is 1. The Kier molecular flexibility index (Phi) is 5.79. The molecule has 134 valence electrons. The number of carbonyl (C=O) groups excluding carboxylic acids is 2. The Morgan fingerprint density at radius 3 is 2.85 bits per heavy atom. The molecular weight excluding hydrogens is 375 g/mol. The van der Waals surface area contributed by atoms with Crippen LogP contribution in [-0.2, 0) is 9.59 Å². The molecule has 1 fully saturated rings. The zero-order valence-electron chi connectivity index (χ0n) is 13.6. The van der Waals surface area contributed by atoms with Gasteiger partial charge in [0.1, 0.15) is 11.1 Å². The highest BCUT2D eigenvalue weighted by molar-refractivity contribution is 8.15. The van der Waals surface area contributed by atoms with Crippen molar-refractivity contribution in [2.24, 2.45) is 4.99 Å². The number of thiazole rings is 1. The Balaban J connectivity index is 1.69. The van der Waals surface area contributed by atoms with Crippen LogP contribution in [0.4, 0.5) is 15.2 Å². The number of nitrogens with zero attached hydrogens (tertiary/aromatic N) is 3. The van der Waals surface area contributed by atoms with E-state index in [0.29, 0.717) is 22.5 Å². The third-order valence-corrected chi connectivity index (χ3v) is 5.28. The molecule has 9 heteroatoms. The predicted molar refractivity (Wildman–Crippen MR) is 102 cm³/mol. The summed E-state index contributed by atoms with van der Waals surface area (Å²) in [5, 5.41) is 4.94. The molecule has 1 unspecified atom stereocenters. The van der Waals surface area contributed by atoms with Gasteiger partial charge in [-0.15, -0.1) is 17.9 Å². The molecule has 1 aliphatic rings. The van der Waals surface area contributed by atoms with Crippen LogP contribution in [-0.4, -0.2) is 38.7 Å². The number of halogens is 1. The number of aliphatic imine (C=N–C) groups is 1. The molecule has 1 N–H and O–H groups in total. The average Bonchev–Trinajstić information content (AvgIpc) is 3.22. The summed E-state index contributed by atoms with van der Waals surface area (Å²) in [5.74, 6) is -0.899. The first-order valence-corrected chi connectivity index (χ1v) is 9.45. The minimum absolute atomic E-state index is 0.00852. The Morgan fingerprint density at radius 2 is 2.19 bits per heavy atom. The summed E-state index contributed by atoms with van der Waals surface area (Å²) in [6.07, 6.45) is 3.24. The Hall–Kier alpha value is -2.52. The van der Waals surface area contributed by atoms with Gasteiger partial charge in [-0.2, -0.15) is 4.99 Å². The zero-order chi connectivity index (χ0) is 18.5. The van der Waals surface area contributed by atoms with Crippen LogP contribution in [0.15, 0.2) is 53.5 Å². The number of thioether (sulfide) groups is 1. The fourth-order valence-corrected chi connectivity index (χ4v) is 4.00. The summed E-state index contributed by atoms with van der Waals surface area (Å²) >= 11 is 2.59. The number of benzene rings is 1. The molecule has 1 aromatic heterocycles. The van der Waals surface area contributed by atoms with E-state index in [2.05, 4.69) is 21.9 Å². The van der Waals surface area contributed by atoms with Gasteiger partial charge in [-0.05, 0) is 24.3 Å². The number of carbonyl (C=O) groups is 2. The summed E-state index contributed by atoms with van der Waals surface area (Å²) in [6.45, 7) is 3.97. The maximum Gasteiger partial charge on any atom is 0.242 e. The fraction of sp³-hybridized carbons (Fsp3) is 0.176. The maximum absolute atomic E-state index is 12.9. The van der Waals surface area contributed by atoms with Crippen LogP contribution < -0.4 is 5.32 Å². The van der Waals surface area contributed by atoms with Gasteiger partial charge in [0, 0.05) is 30.2 Å². The van der Waals surface area contributed by atoms with Crippen LogP contribution >= 0.6 is 23.1 Å². The molecule has 1 aliphatic heterocycles. The van der Waals surface area contributed by atoms with Gasteiger partial charge in [-0.1, -0.05) is 17.8 Å².